The molecular formula is C17H35NO2. The Bertz CT molecular complexity index is 245. The van der Waals surface area contributed by atoms with Gasteiger partial charge in [0.1, 0.15) is 0 Å². The first-order valence-corrected chi connectivity index (χ1v) is 8.41. The van der Waals surface area contributed by atoms with Crippen LogP contribution in [0.1, 0.15) is 59.8 Å². The van der Waals surface area contributed by atoms with Crippen molar-refractivity contribution in [3.63, 3.8) is 0 Å². The van der Waals surface area contributed by atoms with Crippen LogP contribution in [0.25, 0.3) is 0 Å². The van der Waals surface area contributed by atoms with E-state index >= 15 is 0 Å². The Balaban J connectivity index is 2.19. The maximum atomic E-state index is 6.10. The molecule has 0 aromatic heterocycles. The van der Waals surface area contributed by atoms with E-state index in [4.69, 9.17) is 15.2 Å². The smallest absolute Gasteiger partial charge is 0.0805 e. The molecular weight excluding hydrogens is 250 g/mol. The van der Waals surface area contributed by atoms with Gasteiger partial charge in [0.25, 0.3) is 0 Å². The van der Waals surface area contributed by atoms with Gasteiger partial charge in [0.05, 0.1) is 18.8 Å². The summed E-state index contributed by atoms with van der Waals surface area (Å²) in [6.07, 6.45) is 5.85. The summed E-state index contributed by atoms with van der Waals surface area (Å²) in [6.45, 7) is 11.9. The second-order valence-electron chi connectivity index (χ2n) is 7.11. The zero-order valence-electron chi connectivity index (χ0n) is 14.0. The van der Waals surface area contributed by atoms with Crippen LogP contribution in [-0.4, -0.2) is 32.0 Å². The van der Waals surface area contributed by atoms with Gasteiger partial charge < -0.3 is 15.2 Å². The van der Waals surface area contributed by atoms with Crippen LogP contribution in [-0.2, 0) is 9.47 Å². The first-order valence-electron chi connectivity index (χ1n) is 8.41. The first kappa shape index (κ1) is 17.9. The van der Waals surface area contributed by atoms with Gasteiger partial charge in [0, 0.05) is 13.2 Å². The first-order chi connectivity index (χ1) is 9.49. The molecule has 1 fully saturated rings. The van der Waals surface area contributed by atoms with Crippen molar-refractivity contribution in [2.24, 2.45) is 23.5 Å². The van der Waals surface area contributed by atoms with Gasteiger partial charge in [-0.3, -0.25) is 0 Å². The van der Waals surface area contributed by atoms with Crippen molar-refractivity contribution >= 4 is 0 Å². The molecule has 0 aliphatic heterocycles. The molecule has 1 aliphatic carbocycles. The van der Waals surface area contributed by atoms with Gasteiger partial charge in [-0.05, 0) is 49.9 Å². The minimum atomic E-state index is -0.0766. The lowest BCUT2D eigenvalue weighted by atomic mass is 9.74. The maximum Gasteiger partial charge on any atom is 0.0805 e. The molecule has 3 heteroatoms. The van der Waals surface area contributed by atoms with Crippen molar-refractivity contribution in [3.8, 4) is 0 Å². The fourth-order valence-corrected chi connectivity index (χ4v) is 2.98. The predicted octanol–water partition coefficient (Wildman–Crippen LogP) is 3.61. The average Bonchev–Trinajstić information content (AvgIpc) is 2.42. The quantitative estimate of drug-likeness (QED) is 0.658. The fourth-order valence-electron chi connectivity index (χ4n) is 2.98. The standard InChI is InChI=1S/C17H35NO2/c1-14(2)7-10-19-11-12-20-17(13-18)8-5-16(6-9-17)15(3)4/h14-16H,5-13,18H2,1-4H3. The molecule has 0 unspecified atom stereocenters. The highest BCUT2D eigenvalue weighted by Gasteiger charge is 2.35. The van der Waals surface area contributed by atoms with E-state index in [1.165, 1.54) is 12.8 Å². The number of rotatable bonds is 9. The van der Waals surface area contributed by atoms with E-state index in [0.717, 1.165) is 37.7 Å². The number of hydrogen-bond acceptors (Lipinski definition) is 3. The fraction of sp³-hybridized carbons (Fsp3) is 1.00. The van der Waals surface area contributed by atoms with Crippen LogP contribution >= 0.6 is 0 Å². The number of nitrogens with two attached hydrogens (primary N) is 1. The molecule has 0 bridgehead atoms. The van der Waals surface area contributed by atoms with E-state index in [9.17, 15) is 0 Å². The van der Waals surface area contributed by atoms with Gasteiger partial charge in [-0.1, -0.05) is 27.7 Å². The molecule has 3 nitrogen and oxygen atoms in total. The Hall–Kier alpha value is -0.120. The molecule has 2 N–H and O–H groups in total. The molecule has 20 heavy (non-hydrogen) atoms. The molecule has 0 amide bonds. The van der Waals surface area contributed by atoms with Gasteiger partial charge in [0.2, 0.25) is 0 Å². The molecule has 0 saturated heterocycles. The Labute approximate surface area is 125 Å². The second-order valence-corrected chi connectivity index (χ2v) is 7.11. The monoisotopic (exact) mass is 285 g/mol. The zero-order valence-corrected chi connectivity index (χ0v) is 14.0. The minimum Gasteiger partial charge on any atom is -0.379 e. The van der Waals surface area contributed by atoms with E-state index < -0.39 is 0 Å². The van der Waals surface area contributed by atoms with E-state index in [2.05, 4.69) is 27.7 Å². The third-order valence-electron chi connectivity index (χ3n) is 4.73. The van der Waals surface area contributed by atoms with Crippen molar-refractivity contribution in [2.75, 3.05) is 26.4 Å². The Morgan fingerprint density at radius 1 is 1.05 bits per heavy atom. The summed E-state index contributed by atoms with van der Waals surface area (Å²) >= 11 is 0. The molecule has 120 valence electrons. The molecule has 0 aromatic carbocycles. The lowest BCUT2D eigenvalue weighted by Gasteiger charge is -2.40. The summed E-state index contributed by atoms with van der Waals surface area (Å²) in [4.78, 5) is 0. The summed E-state index contributed by atoms with van der Waals surface area (Å²) in [7, 11) is 0. The van der Waals surface area contributed by atoms with Crippen LogP contribution in [0.5, 0.6) is 0 Å². The van der Waals surface area contributed by atoms with Gasteiger partial charge >= 0.3 is 0 Å². The molecule has 0 spiro atoms. The van der Waals surface area contributed by atoms with E-state index in [-0.39, 0.29) is 5.60 Å². The van der Waals surface area contributed by atoms with E-state index in [1.54, 1.807) is 0 Å². The lowest BCUT2D eigenvalue weighted by molar-refractivity contribution is -0.0912. The van der Waals surface area contributed by atoms with Gasteiger partial charge in [0.15, 0.2) is 0 Å². The predicted molar refractivity (Wildman–Crippen MR) is 84.8 cm³/mol. The molecule has 1 saturated carbocycles. The van der Waals surface area contributed by atoms with Crippen molar-refractivity contribution in [1.29, 1.82) is 0 Å². The van der Waals surface area contributed by atoms with E-state index in [1.807, 2.05) is 0 Å². The molecule has 0 aromatic rings. The van der Waals surface area contributed by atoms with Gasteiger partial charge in [-0.2, -0.15) is 0 Å². The van der Waals surface area contributed by atoms with Crippen molar-refractivity contribution in [3.05, 3.63) is 0 Å². The summed E-state index contributed by atoms with van der Waals surface area (Å²) in [5.41, 5.74) is 5.90. The third kappa shape index (κ3) is 6.11. The molecule has 0 atom stereocenters. The highest BCUT2D eigenvalue weighted by Crippen LogP contribution is 2.37. The minimum absolute atomic E-state index is 0.0766. The molecule has 0 radical (unpaired) electrons. The van der Waals surface area contributed by atoms with E-state index in [0.29, 0.717) is 25.7 Å². The number of ether oxygens (including phenoxy) is 2. The van der Waals surface area contributed by atoms with Crippen molar-refractivity contribution in [2.45, 2.75) is 65.4 Å². The van der Waals surface area contributed by atoms with Crippen LogP contribution in [0, 0.1) is 17.8 Å². The highest BCUT2D eigenvalue weighted by molar-refractivity contribution is 4.89. The SMILES string of the molecule is CC(C)CCOCCOC1(CN)CCC(C(C)C)CC1. The Morgan fingerprint density at radius 2 is 1.70 bits per heavy atom. The average molecular weight is 285 g/mol. The maximum absolute atomic E-state index is 6.10. The van der Waals surface area contributed by atoms with Crippen LogP contribution < -0.4 is 5.73 Å². The summed E-state index contributed by atoms with van der Waals surface area (Å²) in [5, 5.41) is 0. The largest absolute Gasteiger partial charge is 0.379 e. The zero-order chi connectivity index (χ0) is 15.0. The van der Waals surface area contributed by atoms with Gasteiger partial charge in [-0.25, -0.2) is 0 Å². The Kier molecular flexibility index (Phi) is 8.08. The van der Waals surface area contributed by atoms with Crippen molar-refractivity contribution in [1.82, 2.24) is 0 Å². The van der Waals surface area contributed by atoms with Crippen LogP contribution in [0.3, 0.4) is 0 Å². The highest BCUT2D eigenvalue weighted by atomic mass is 16.5. The Morgan fingerprint density at radius 3 is 2.20 bits per heavy atom. The molecule has 1 rings (SSSR count). The topological polar surface area (TPSA) is 44.5 Å². The van der Waals surface area contributed by atoms with Crippen LogP contribution in [0.2, 0.25) is 0 Å². The second kappa shape index (κ2) is 9.01. The molecule has 1 aliphatic rings. The summed E-state index contributed by atoms with van der Waals surface area (Å²) in [6, 6.07) is 0. The van der Waals surface area contributed by atoms with Crippen LogP contribution in [0.15, 0.2) is 0 Å². The molecule has 0 heterocycles. The lowest BCUT2D eigenvalue weighted by Crippen LogP contribution is -2.45. The van der Waals surface area contributed by atoms with Crippen LogP contribution in [0.4, 0.5) is 0 Å². The summed E-state index contributed by atoms with van der Waals surface area (Å²) in [5.74, 6) is 2.34. The van der Waals surface area contributed by atoms with Crippen molar-refractivity contribution < 1.29 is 9.47 Å². The van der Waals surface area contributed by atoms with Gasteiger partial charge in [-0.15, -0.1) is 0 Å². The third-order valence-corrected chi connectivity index (χ3v) is 4.73. The number of hydrogen-bond donors (Lipinski definition) is 1. The summed E-state index contributed by atoms with van der Waals surface area (Å²) < 4.78 is 11.7. The normalized spacial score (nSPS) is 27.4.